The van der Waals surface area contributed by atoms with E-state index < -0.39 is 0 Å². The van der Waals surface area contributed by atoms with E-state index >= 15 is 0 Å². The van der Waals surface area contributed by atoms with Crippen molar-refractivity contribution in [3.63, 3.8) is 0 Å². The van der Waals surface area contributed by atoms with Gasteiger partial charge >= 0.3 is 0 Å². The highest BCUT2D eigenvalue weighted by atomic mass is 16.3. The van der Waals surface area contributed by atoms with Crippen LogP contribution in [-0.4, -0.2) is 11.2 Å². The number of fused-ring (bicyclic) bond motifs is 2. The number of hydrogen-bond donors (Lipinski definition) is 1. The van der Waals surface area contributed by atoms with Crippen molar-refractivity contribution < 1.29 is 5.11 Å². The molecule has 0 spiro atoms. The van der Waals surface area contributed by atoms with E-state index in [1.54, 1.807) is 0 Å². The summed E-state index contributed by atoms with van der Waals surface area (Å²) >= 11 is 0. The van der Waals surface area contributed by atoms with Gasteiger partial charge in [-0.3, -0.25) is 0 Å². The average Bonchev–Trinajstić information content (AvgIpc) is 0.810. The molecule has 5 unspecified atom stereocenters. The van der Waals surface area contributed by atoms with Gasteiger partial charge in [-0.05, 0) is 237 Å². The summed E-state index contributed by atoms with van der Waals surface area (Å²) in [7, 11) is 0. The van der Waals surface area contributed by atoms with Crippen LogP contribution < -0.4 is 0 Å². The molecule has 1 nitrogen and oxygen atoms in total. The van der Waals surface area contributed by atoms with Crippen molar-refractivity contribution in [3.8, 4) is 100 Å². The Kier molecular flexibility index (Phi) is 21.4. The molecule has 0 saturated heterocycles. The van der Waals surface area contributed by atoms with Gasteiger partial charge in [0.15, 0.2) is 0 Å². The maximum absolute atomic E-state index is 10.6. The van der Waals surface area contributed by atoms with E-state index in [4.69, 9.17) is 0 Å². The Morgan fingerprint density at radius 3 is 0.900 bits per heavy atom. The van der Waals surface area contributed by atoms with E-state index in [9.17, 15) is 5.11 Å². The summed E-state index contributed by atoms with van der Waals surface area (Å²) in [6.07, 6.45) is 16.5. The fourth-order valence-electron chi connectivity index (χ4n) is 16.2. The van der Waals surface area contributed by atoms with E-state index in [1.807, 2.05) is 0 Å². The molecule has 0 bridgehead atoms. The second-order valence-corrected chi connectivity index (χ2v) is 29.2. The molecule has 100 heavy (non-hydrogen) atoms. The molecular weight excluding hydrogens is 1210 g/mol. The number of aliphatic hydroxyl groups is 1. The summed E-state index contributed by atoms with van der Waals surface area (Å²) in [5, 5.41) is 15.6. The zero-order valence-corrected chi connectivity index (χ0v) is 59.5. The fraction of sp³-hybridized carbons (Fsp3) is 0.253. The molecule has 0 aliphatic heterocycles. The third-order valence-corrected chi connectivity index (χ3v) is 22.5. The van der Waals surface area contributed by atoms with E-state index in [0.29, 0.717) is 23.7 Å². The van der Waals surface area contributed by atoms with Crippen LogP contribution in [0.25, 0.3) is 122 Å². The third-order valence-electron chi connectivity index (χ3n) is 22.5. The van der Waals surface area contributed by atoms with E-state index in [2.05, 4.69) is 326 Å². The smallest absolute Gasteiger partial charge is 0.0608 e. The molecule has 0 amide bonds. The Bertz CT molecular complexity index is 4780. The van der Waals surface area contributed by atoms with Crippen molar-refractivity contribution >= 4 is 21.5 Å². The van der Waals surface area contributed by atoms with Crippen LogP contribution in [0.5, 0.6) is 0 Å². The molecule has 1 N–H and O–H groups in total. The Morgan fingerprint density at radius 2 is 0.570 bits per heavy atom. The van der Waals surface area contributed by atoms with Crippen molar-refractivity contribution in [2.24, 2.45) is 5.92 Å². The molecule has 500 valence electrons. The largest absolute Gasteiger partial charge is 0.392 e. The van der Waals surface area contributed by atoms with Gasteiger partial charge in [0.1, 0.15) is 0 Å². The van der Waals surface area contributed by atoms with Gasteiger partial charge < -0.3 is 5.11 Å². The number of hydrogen-bond acceptors (Lipinski definition) is 1. The lowest BCUT2D eigenvalue weighted by molar-refractivity contribution is 0.106. The zero-order valence-electron chi connectivity index (χ0n) is 59.5. The van der Waals surface area contributed by atoms with Crippen molar-refractivity contribution in [2.75, 3.05) is 0 Å². The first kappa shape index (κ1) is 67.5. The standard InChI is InChI=1S/C99H98O/c1-6-9-10-15-97(69(5)19-18-68(4)70-20-22-73(23-21-70)77-32-40-83(41-33-77)89-56-60-96-67-92(59-63-93(96)64-89)86-46-38-80(39-47-86)82-50-54-88(55-51-82)98-16-11-12-17-99(98)100)87-52-48-81(49-53-87)76-30-28-75(29-31-76)79-36-44-85(45-37-79)91-58-62-94-65-90(57-61-95(94)66-91)84-42-34-78(35-43-84)74-26-24-72(25-27-74)71(13-7-2)14-8-3/h20-69,71,97-100H,6-19H2,1-5H3. The molecule has 1 fully saturated rings. The van der Waals surface area contributed by atoms with Crippen molar-refractivity contribution in [2.45, 2.75) is 154 Å². The topological polar surface area (TPSA) is 20.2 Å². The van der Waals surface area contributed by atoms with Crippen molar-refractivity contribution in [1.29, 1.82) is 0 Å². The molecule has 1 heteroatoms. The SMILES string of the molecule is CCCCCC(c1ccc(-c2ccc(-c3ccc(-c4ccc5cc(-c6ccc(-c7ccc(C(CCC)CCC)cc7)cc6)ccc5c4)cc3)cc2)cc1)C(C)CCC(C)c1ccc(-c2ccc(-c3ccc4cc(-c5ccc(-c6ccc(C7CCCCC7O)cc6)cc5)ccc4c3)cc2)cc1. The number of rotatable bonds is 25. The van der Waals surface area contributed by atoms with Crippen LogP contribution in [0.1, 0.15) is 170 Å². The molecule has 13 aromatic rings. The number of aliphatic hydroxyl groups excluding tert-OH is 1. The van der Waals surface area contributed by atoms with Gasteiger partial charge in [-0.1, -0.05) is 346 Å². The highest BCUT2D eigenvalue weighted by Gasteiger charge is 2.25. The van der Waals surface area contributed by atoms with E-state index in [1.165, 1.54) is 215 Å². The molecule has 1 aliphatic rings. The minimum absolute atomic E-state index is 0.217. The van der Waals surface area contributed by atoms with Crippen LogP contribution in [-0.2, 0) is 0 Å². The maximum Gasteiger partial charge on any atom is 0.0608 e. The highest BCUT2D eigenvalue weighted by molar-refractivity contribution is 5.93. The lowest BCUT2D eigenvalue weighted by Crippen LogP contribution is -2.22. The summed E-state index contributed by atoms with van der Waals surface area (Å²) in [6, 6.07) is 110. The van der Waals surface area contributed by atoms with Crippen LogP contribution >= 0.6 is 0 Å². The van der Waals surface area contributed by atoms with Gasteiger partial charge in [0.2, 0.25) is 0 Å². The van der Waals surface area contributed by atoms with Gasteiger partial charge in [0.05, 0.1) is 6.10 Å². The van der Waals surface area contributed by atoms with Gasteiger partial charge in [0, 0.05) is 5.92 Å². The summed E-state index contributed by atoms with van der Waals surface area (Å²) in [5.74, 6) is 2.54. The number of benzene rings is 13. The second kappa shape index (κ2) is 31.7. The molecule has 0 radical (unpaired) electrons. The molecule has 5 atom stereocenters. The summed E-state index contributed by atoms with van der Waals surface area (Å²) in [5.41, 5.74) is 27.9. The molecule has 1 saturated carbocycles. The van der Waals surface area contributed by atoms with Crippen LogP contribution in [0.4, 0.5) is 0 Å². The van der Waals surface area contributed by atoms with Gasteiger partial charge in [-0.2, -0.15) is 0 Å². The Morgan fingerprint density at radius 1 is 0.280 bits per heavy atom. The molecule has 13 aromatic carbocycles. The van der Waals surface area contributed by atoms with Gasteiger partial charge in [0.25, 0.3) is 0 Å². The van der Waals surface area contributed by atoms with Gasteiger partial charge in [-0.15, -0.1) is 0 Å². The zero-order chi connectivity index (χ0) is 68.3. The monoisotopic (exact) mass is 1300 g/mol. The minimum atomic E-state index is -0.217. The predicted molar refractivity (Wildman–Crippen MR) is 430 cm³/mol. The third kappa shape index (κ3) is 15.7. The first-order valence-electron chi connectivity index (χ1n) is 37.8. The molecule has 0 aromatic heterocycles. The quantitative estimate of drug-likeness (QED) is 0.0566. The molecular formula is C99H98O. The second-order valence-electron chi connectivity index (χ2n) is 29.2. The van der Waals surface area contributed by atoms with E-state index in [-0.39, 0.29) is 12.0 Å². The predicted octanol–water partition coefficient (Wildman–Crippen LogP) is 28.6. The highest BCUT2D eigenvalue weighted by Crippen LogP contribution is 2.41. The van der Waals surface area contributed by atoms with Crippen molar-refractivity contribution in [3.05, 3.63) is 313 Å². The normalized spacial score (nSPS) is 14.9. The summed E-state index contributed by atoms with van der Waals surface area (Å²) in [6.45, 7) is 11.8. The van der Waals surface area contributed by atoms with Crippen LogP contribution in [0.3, 0.4) is 0 Å². The maximum atomic E-state index is 10.6. The van der Waals surface area contributed by atoms with Gasteiger partial charge in [-0.25, -0.2) is 0 Å². The van der Waals surface area contributed by atoms with Crippen LogP contribution in [0, 0.1) is 5.92 Å². The van der Waals surface area contributed by atoms with E-state index in [0.717, 1.165) is 19.3 Å². The first-order valence-corrected chi connectivity index (χ1v) is 37.8. The molecule has 14 rings (SSSR count). The Balaban J connectivity index is 0.556. The van der Waals surface area contributed by atoms with Crippen LogP contribution in [0.2, 0.25) is 0 Å². The summed E-state index contributed by atoms with van der Waals surface area (Å²) < 4.78 is 0. The average molecular weight is 1300 g/mol. The molecule has 1 aliphatic carbocycles. The lowest BCUT2D eigenvalue weighted by Gasteiger charge is -2.28. The Hall–Kier alpha value is -9.66. The van der Waals surface area contributed by atoms with Crippen molar-refractivity contribution in [1.82, 2.24) is 0 Å². The lowest BCUT2D eigenvalue weighted by atomic mass is 9.79. The fourth-order valence-corrected chi connectivity index (χ4v) is 16.2. The summed E-state index contributed by atoms with van der Waals surface area (Å²) in [4.78, 5) is 0. The number of unbranched alkanes of at least 4 members (excludes halogenated alkanes) is 2. The minimum Gasteiger partial charge on any atom is -0.392 e. The van der Waals surface area contributed by atoms with Crippen LogP contribution in [0.15, 0.2) is 291 Å². The Labute approximate surface area is 596 Å². The first-order chi connectivity index (χ1) is 49.1. The molecule has 0 heterocycles.